The molecule has 0 fully saturated rings. The van der Waals surface area contributed by atoms with Gasteiger partial charge in [0, 0.05) is 17.6 Å². The summed E-state index contributed by atoms with van der Waals surface area (Å²) in [6, 6.07) is 6.19. The molecule has 0 saturated heterocycles. The molecule has 0 atom stereocenters. The number of aliphatic carboxylic acids is 1. The summed E-state index contributed by atoms with van der Waals surface area (Å²) in [5.74, 6) is -1.94. The lowest BCUT2D eigenvalue weighted by molar-refractivity contribution is -0.132. The first-order chi connectivity index (χ1) is 8.47. The van der Waals surface area contributed by atoms with E-state index in [0.29, 0.717) is 16.3 Å². The Morgan fingerprint density at radius 2 is 2.17 bits per heavy atom. The van der Waals surface area contributed by atoms with Crippen molar-refractivity contribution in [1.82, 2.24) is 0 Å². The number of nitriles is 1. The Kier molecular flexibility index (Phi) is 2.81. The zero-order chi connectivity index (χ0) is 13.4. The SMILES string of the molecule is CN1C(=O)C(=C(C#N)C(=O)O)c2ccc(Cl)cc21. The van der Waals surface area contributed by atoms with Crippen LogP contribution in [0, 0.1) is 11.3 Å². The predicted molar refractivity (Wildman–Crippen MR) is 65.0 cm³/mol. The molecular weight excluding hydrogens is 256 g/mol. The highest BCUT2D eigenvalue weighted by Gasteiger charge is 2.34. The Morgan fingerprint density at radius 3 is 2.72 bits per heavy atom. The molecule has 0 aliphatic carbocycles. The van der Waals surface area contributed by atoms with Crippen molar-refractivity contribution in [3.05, 3.63) is 34.4 Å². The fourth-order valence-electron chi connectivity index (χ4n) is 1.84. The highest BCUT2D eigenvalue weighted by atomic mass is 35.5. The van der Waals surface area contributed by atoms with Crippen LogP contribution < -0.4 is 4.90 Å². The average molecular weight is 263 g/mol. The second-order valence-corrected chi connectivity index (χ2v) is 4.13. The third-order valence-corrected chi connectivity index (χ3v) is 2.92. The fraction of sp³-hybridized carbons (Fsp3) is 0.0833. The minimum Gasteiger partial charge on any atom is -0.477 e. The van der Waals surface area contributed by atoms with Crippen LogP contribution in [-0.2, 0) is 9.59 Å². The number of likely N-dealkylation sites (N-methyl/N-ethyl adjacent to an activating group) is 1. The van der Waals surface area contributed by atoms with Crippen molar-refractivity contribution in [2.75, 3.05) is 11.9 Å². The molecule has 0 saturated carbocycles. The molecule has 18 heavy (non-hydrogen) atoms. The maximum absolute atomic E-state index is 12.0. The monoisotopic (exact) mass is 262 g/mol. The van der Waals surface area contributed by atoms with Crippen molar-refractivity contribution in [2.24, 2.45) is 0 Å². The molecule has 2 rings (SSSR count). The van der Waals surface area contributed by atoms with E-state index in [2.05, 4.69) is 0 Å². The second-order valence-electron chi connectivity index (χ2n) is 3.69. The number of carboxylic acid groups (broad SMARTS) is 1. The Morgan fingerprint density at radius 1 is 1.50 bits per heavy atom. The lowest BCUT2D eigenvalue weighted by Gasteiger charge is -2.08. The van der Waals surface area contributed by atoms with Crippen LogP contribution in [0.15, 0.2) is 23.8 Å². The summed E-state index contributed by atoms with van der Waals surface area (Å²) >= 11 is 5.82. The number of halogens is 1. The zero-order valence-electron chi connectivity index (χ0n) is 9.27. The van der Waals surface area contributed by atoms with Gasteiger partial charge >= 0.3 is 5.97 Å². The highest BCUT2D eigenvalue weighted by molar-refractivity contribution is 6.37. The molecule has 1 aliphatic rings. The van der Waals surface area contributed by atoms with Crippen molar-refractivity contribution in [1.29, 1.82) is 5.26 Å². The number of hydrogen-bond acceptors (Lipinski definition) is 3. The highest BCUT2D eigenvalue weighted by Crippen LogP contribution is 2.38. The Bertz CT molecular complexity index is 643. The van der Waals surface area contributed by atoms with Crippen molar-refractivity contribution >= 4 is 34.7 Å². The molecule has 1 heterocycles. The molecule has 0 unspecified atom stereocenters. The first-order valence-corrected chi connectivity index (χ1v) is 5.30. The normalized spacial score (nSPS) is 16.3. The molecule has 1 N–H and O–H groups in total. The van der Waals surface area contributed by atoms with Crippen molar-refractivity contribution in [2.45, 2.75) is 0 Å². The Balaban J connectivity index is 2.79. The van der Waals surface area contributed by atoms with E-state index in [-0.39, 0.29) is 5.57 Å². The molecule has 0 aromatic heterocycles. The van der Waals surface area contributed by atoms with Gasteiger partial charge in [-0.15, -0.1) is 0 Å². The molecule has 0 spiro atoms. The molecule has 90 valence electrons. The van der Waals surface area contributed by atoms with Crippen molar-refractivity contribution in [3.63, 3.8) is 0 Å². The molecule has 1 aromatic rings. The van der Waals surface area contributed by atoms with Crippen LogP contribution in [0.3, 0.4) is 0 Å². The number of rotatable bonds is 1. The molecule has 1 aromatic carbocycles. The van der Waals surface area contributed by atoms with Crippen LogP contribution in [0.2, 0.25) is 5.02 Å². The van der Waals surface area contributed by atoms with E-state index < -0.39 is 17.4 Å². The van der Waals surface area contributed by atoms with Crippen LogP contribution in [0.4, 0.5) is 5.69 Å². The predicted octanol–water partition coefficient (Wildman–Crippen LogP) is 1.68. The first-order valence-electron chi connectivity index (χ1n) is 4.93. The van der Waals surface area contributed by atoms with Gasteiger partial charge in [0.05, 0.1) is 11.3 Å². The second kappa shape index (κ2) is 4.17. The summed E-state index contributed by atoms with van der Waals surface area (Å²) < 4.78 is 0. The third-order valence-electron chi connectivity index (χ3n) is 2.68. The van der Waals surface area contributed by atoms with Gasteiger partial charge in [0.2, 0.25) is 0 Å². The van der Waals surface area contributed by atoms with Gasteiger partial charge in [-0.05, 0) is 12.1 Å². The molecule has 0 bridgehead atoms. The minimum atomic E-state index is -1.42. The number of hydrogen-bond donors (Lipinski definition) is 1. The number of carboxylic acids is 1. The smallest absolute Gasteiger partial charge is 0.347 e. The largest absolute Gasteiger partial charge is 0.477 e. The summed E-state index contributed by atoms with van der Waals surface area (Å²) in [4.78, 5) is 24.2. The first kappa shape index (κ1) is 12.1. The number of nitrogens with zero attached hydrogens (tertiary/aromatic N) is 2. The van der Waals surface area contributed by atoms with Crippen LogP contribution in [0.1, 0.15) is 5.56 Å². The third kappa shape index (κ3) is 1.63. The van der Waals surface area contributed by atoms with Gasteiger partial charge < -0.3 is 10.0 Å². The molecular formula is C12H7ClN2O3. The molecule has 0 radical (unpaired) electrons. The summed E-state index contributed by atoms with van der Waals surface area (Å²) in [7, 11) is 1.50. The van der Waals surface area contributed by atoms with E-state index in [9.17, 15) is 9.59 Å². The summed E-state index contributed by atoms with van der Waals surface area (Å²) in [5, 5.41) is 18.2. The van der Waals surface area contributed by atoms with Crippen LogP contribution in [0.25, 0.3) is 5.57 Å². The topological polar surface area (TPSA) is 81.4 Å². The van der Waals surface area contributed by atoms with Gasteiger partial charge in [0.25, 0.3) is 5.91 Å². The number of anilines is 1. The number of carbonyl (C=O) groups excluding carboxylic acids is 1. The van der Waals surface area contributed by atoms with Gasteiger partial charge in [0.15, 0.2) is 5.57 Å². The summed E-state index contributed by atoms with van der Waals surface area (Å²) in [6.45, 7) is 0. The van der Waals surface area contributed by atoms with Crippen LogP contribution in [0.5, 0.6) is 0 Å². The van der Waals surface area contributed by atoms with Gasteiger partial charge in [-0.25, -0.2) is 4.79 Å². The van der Waals surface area contributed by atoms with Gasteiger partial charge in [-0.2, -0.15) is 5.26 Å². The van der Waals surface area contributed by atoms with Gasteiger partial charge in [-0.1, -0.05) is 17.7 Å². The number of benzene rings is 1. The lowest BCUT2D eigenvalue weighted by Crippen LogP contribution is -2.21. The van der Waals surface area contributed by atoms with E-state index >= 15 is 0 Å². The lowest BCUT2D eigenvalue weighted by atomic mass is 10.0. The molecule has 1 amide bonds. The quantitative estimate of drug-likeness (QED) is 0.617. The number of carbonyl (C=O) groups is 2. The summed E-state index contributed by atoms with van der Waals surface area (Å²) in [5.41, 5.74) is 0.245. The van der Waals surface area contributed by atoms with Crippen LogP contribution >= 0.6 is 11.6 Å². The average Bonchev–Trinajstić information content (AvgIpc) is 2.55. The van der Waals surface area contributed by atoms with Gasteiger partial charge in [-0.3, -0.25) is 4.79 Å². The van der Waals surface area contributed by atoms with Gasteiger partial charge in [0.1, 0.15) is 6.07 Å². The Hall–Kier alpha value is -2.32. The van der Waals surface area contributed by atoms with E-state index in [4.69, 9.17) is 22.0 Å². The molecule has 6 heteroatoms. The minimum absolute atomic E-state index is 0.0980. The maximum Gasteiger partial charge on any atom is 0.347 e. The Labute approximate surface area is 107 Å². The fourth-order valence-corrected chi connectivity index (χ4v) is 2.00. The van der Waals surface area contributed by atoms with Crippen LogP contribution in [-0.4, -0.2) is 24.0 Å². The standard InChI is InChI=1S/C12H7ClN2O3/c1-15-9-4-6(13)2-3-7(9)10(11(15)16)8(5-14)12(17)18/h2-4H,1H3,(H,17,18). The van der Waals surface area contributed by atoms with E-state index in [1.807, 2.05) is 0 Å². The van der Waals surface area contributed by atoms with Crippen molar-refractivity contribution < 1.29 is 14.7 Å². The molecule has 5 nitrogen and oxygen atoms in total. The maximum atomic E-state index is 12.0. The number of fused-ring (bicyclic) bond motifs is 1. The van der Waals surface area contributed by atoms with E-state index in [1.54, 1.807) is 18.2 Å². The van der Waals surface area contributed by atoms with E-state index in [1.165, 1.54) is 18.0 Å². The summed E-state index contributed by atoms with van der Waals surface area (Å²) in [6.07, 6.45) is 0. The van der Waals surface area contributed by atoms with E-state index in [0.717, 1.165) is 0 Å². The number of amides is 1. The zero-order valence-corrected chi connectivity index (χ0v) is 10.0. The molecule has 1 aliphatic heterocycles. The van der Waals surface area contributed by atoms with Crippen molar-refractivity contribution in [3.8, 4) is 6.07 Å².